The summed E-state index contributed by atoms with van der Waals surface area (Å²) in [5.74, 6) is 0. The Morgan fingerprint density at radius 2 is 1.73 bits per heavy atom. The fourth-order valence-corrected chi connectivity index (χ4v) is 4.30. The number of aromatic nitrogens is 2. The van der Waals surface area contributed by atoms with Crippen LogP contribution in [0.3, 0.4) is 0 Å². The molecule has 150 valence electrons. The van der Waals surface area contributed by atoms with Gasteiger partial charge in [-0.1, -0.05) is 54.6 Å². The second-order valence-electron chi connectivity index (χ2n) is 7.81. The van der Waals surface area contributed by atoms with Gasteiger partial charge in [0, 0.05) is 23.0 Å². The van der Waals surface area contributed by atoms with Gasteiger partial charge in [0.1, 0.15) is 5.65 Å². The van der Waals surface area contributed by atoms with Crippen molar-refractivity contribution >= 4 is 17.4 Å². The van der Waals surface area contributed by atoms with Crippen molar-refractivity contribution in [2.45, 2.75) is 24.8 Å². The standard InChI is InChI=1S/C24H22N4O2/c25-19-11-12-20-26-21(22(28(20)15-19)17-5-2-1-3-6-17)16-7-9-18(10-8-16)24(13-4-14-24)27-23(29)30/h1-3,5-12,15,27H,4,13-14,25H2,(H,29,30). The van der Waals surface area contributed by atoms with Gasteiger partial charge >= 0.3 is 6.09 Å². The summed E-state index contributed by atoms with van der Waals surface area (Å²) in [5.41, 5.74) is 11.9. The van der Waals surface area contributed by atoms with E-state index in [1.54, 1.807) is 0 Å². The molecule has 1 aliphatic carbocycles. The van der Waals surface area contributed by atoms with Crippen molar-refractivity contribution in [1.29, 1.82) is 0 Å². The Hall–Kier alpha value is -3.80. The number of nitrogens with one attached hydrogen (secondary N) is 1. The van der Waals surface area contributed by atoms with Crippen LogP contribution in [0.25, 0.3) is 28.2 Å². The number of fused-ring (bicyclic) bond motifs is 1. The van der Waals surface area contributed by atoms with E-state index in [1.807, 2.05) is 65.2 Å². The van der Waals surface area contributed by atoms with Gasteiger partial charge in [-0.05, 0) is 37.0 Å². The maximum absolute atomic E-state index is 11.3. The average Bonchev–Trinajstić information content (AvgIpc) is 3.10. The zero-order chi connectivity index (χ0) is 20.7. The average molecular weight is 398 g/mol. The predicted octanol–water partition coefficient (Wildman–Crippen LogP) is 4.90. The summed E-state index contributed by atoms with van der Waals surface area (Å²) in [6.07, 6.45) is 3.57. The number of benzene rings is 2. The molecule has 1 saturated carbocycles. The van der Waals surface area contributed by atoms with E-state index in [9.17, 15) is 9.90 Å². The van der Waals surface area contributed by atoms with Crippen LogP contribution in [0.4, 0.5) is 10.5 Å². The Balaban J connectivity index is 1.62. The van der Waals surface area contributed by atoms with Crippen molar-refractivity contribution in [3.8, 4) is 22.5 Å². The van der Waals surface area contributed by atoms with E-state index in [4.69, 9.17) is 10.7 Å². The number of anilines is 1. The molecule has 4 N–H and O–H groups in total. The van der Waals surface area contributed by atoms with Gasteiger partial charge < -0.3 is 16.2 Å². The summed E-state index contributed by atoms with van der Waals surface area (Å²) in [6.45, 7) is 0. The lowest BCUT2D eigenvalue weighted by molar-refractivity contribution is 0.144. The van der Waals surface area contributed by atoms with Gasteiger partial charge in [-0.2, -0.15) is 0 Å². The van der Waals surface area contributed by atoms with Crippen LogP contribution in [0.15, 0.2) is 72.9 Å². The molecule has 0 unspecified atom stereocenters. The van der Waals surface area contributed by atoms with E-state index in [-0.39, 0.29) is 0 Å². The van der Waals surface area contributed by atoms with E-state index in [1.165, 1.54) is 0 Å². The molecule has 0 aliphatic heterocycles. The van der Waals surface area contributed by atoms with E-state index in [0.717, 1.165) is 53.0 Å². The molecule has 0 saturated heterocycles. The van der Waals surface area contributed by atoms with Crippen molar-refractivity contribution in [3.05, 3.63) is 78.5 Å². The Bertz CT molecular complexity index is 1230. The smallest absolute Gasteiger partial charge is 0.405 e. The number of imidazole rings is 1. The molecule has 1 amide bonds. The van der Waals surface area contributed by atoms with Crippen molar-refractivity contribution in [2.24, 2.45) is 0 Å². The van der Waals surface area contributed by atoms with Crippen molar-refractivity contribution < 1.29 is 9.90 Å². The summed E-state index contributed by atoms with van der Waals surface area (Å²) in [7, 11) is 0. The van der Waals surface area contributed by atoms with Gasteiger partial charge in [-0.25, -0.2) is 9.78 Å². The number of carboxylic acid groups (broad SMARTS) is 1. The normalized spacial score (nSPS) is 14.9. The zero-order valence-electron chi connectivity index (χ0n) is 16.4. The van der Waals surface area contributed by atoms with Crippen molar-refractivity contribution in [1.82, 2.24) is 14.7 Å². The van der Waals surface area contributed by atoms with Crippen LogP contribution in [-0.4, -0.2) is 20.6 Å². The molecule has 2 aromatic heterocycles. The summed E-state index contributed by atoms with van der Waals surface area (Å²) < 4.78 is 2.02. The minimum Gasteiger partial charge on any atom is -0.465 e. The lowest BCUT2D eigenvalue weighted by Gasteiger charge is -2.42. The largest absolute Gasteiger partial charge is 0.465 e. The van der Waals surface area contributed by atoms with Crippen molar-refractivity contribution in [3.63, 3.8) is 0 Å². The molecule has 2 heterocycles. The van der Waals surface area contributed by atoms with Crippen LogP contribution in [-0.2, 0) is 5.54 Å². The number of carbonyl (C=O) groups is 1. The second kappa shape index (κ2) is 6.91. The molecule has 30 heavy (non-hydrogen) atoms. The molecular weight excluding hydrogens is 376 g/mol. The number of rotatable bonds is 4. The van der Waals surface area contributed by atoms with Gasteiger partial charge in [0.15, 0.2) is 0 Å². The summed E-state index contributed by atoms with van der Waals surface area (Å²) in [5, 5.41) is 12.0. The molecular formula is C24H22N4O2. The SMILES string of the molecule is Nc1ccc2nc(-c3ccc(C4(NC(=O)O)CCC4)cc3)c(-c3ccccc3)n2c1. The van der Waals surface area contributed by atoms with Crippen LogP contribution in [0.5, 0.6) is 0 Å². The first kappa shape index (κ1) is 18.2. The Kier molecular flexibility index (Phi) is 4.20. The Morgan fingerprint density at radius 1 is 1.00 bits per heavy atom. The van der Waals surface area contributed by atoms with E-state index in [2.05, 4.69) is 17.4 Å². The molecule has 0 spiro atoms. The highest BCUT2D eigenvalue weighted by molar-refractivity contribution is 5.82. The molecule has 0 bridgehead atoms. The third-order valence-corrected chi connectivity index (χ3v) is 5.95. The number of amides is 1. The molecule has 1 aliphatic rings. The summed E-state index contributed by atoms with van der Waals surface area (Å²) >= 11 is 0. The predicted molar refractivity (Wildman–Crippen MR) is 117 cm³/mol. The monoisotopic (exact) mass is 398 g/mol. The number of hydrogen-bond donors (Lipinski definition) is 3. The van der Waals surface area contributed by atoms with E-state index < -0.39 is 11.6 Å². The topological polar surface area (TPSA) is 92.6 Å². The summed E-state index contributed by atoms with van der Waals surface area (Å²) in [4.78, 5) is 16.1. The highest BCUT2D eigenvalue weighted by Crippen LogP contribution is 2.42. The first-order valence-corrected chi connectivity index (χ1v) is 10.0. The first-order chi connectivity index (χ1) is 14.6. The maximum Gasteiger partial charge on any atom is 0.405 e. The van der Waals surface area contributed by atoms with Gasteiger partial charge in [0.05, 0.1) is 16.9 Å². The third kappa shape index (κ3) is 2.97. The number of pyridine rings is 1. The molecule has 4 aromatic rings. The van der Waals surface area contributed by atoms with Gasteiger partial charge in [-0.3, -0.25) is 4.40 Å². The van der Waals surface area contributed by atoms with E-state index >= 15 is 0 Å². The fourth-order valence-electron chi connectivity index (χ4n) is 4.30. The lowest BCUT2D eigenvalue weighted by atomic mass is 9.72. The van der Waals surface area contributed by atoms with Crippen LogP contribution >= 0.6 is 0 Å². The van der Waals surface area contributed by atoms with Gasteiger partial charge in [0.25, 0.3) is 0 Å². The fraction of sp³-hybridized carbons (Fsp3) is 0.167. The molecule has 0 radical (unpaired) electrons. The van der Waals surface area contributed by atoms with Crippen LogP contribution in [0.1, 0.15) is 24.8 Å². The quantitative estimate of drug-likeness (QED) is 0.456. The minimum atomic E-state index is -0.983. The lowest BCUT2D eigenvalue weighted by Crippen LogP contribution is -2.50. The van der Waals surface area contributed by atoms with Crippen molar-refractivity contribution in [2.75, 3.05) is 5.73 Å². The first-order valence-electron chi connectivity index (χ1n) is 10.0. The molecule has 6 nitrogen and oxygen atoms in total. The van der Waals surface area contributed by atoms with Gasteiger partial charge in [0.2, 0.25) is 0 Å². The number of hydrogen-bond acceptors (Lipinski definition) is 3. The van der Waals surface area contributed by atoms with E-state index in [0.29, 0.717) is 5.69 Å². The highest BCUT2D eigenvalue weighted by Gasteiger charge is 2.40. The Labute approximate surface area is 174 Å². The van der Waals surface area contributed by atoms with Crippen LogP contribution in [0.2, 0.25) is 0 Å². The molecule has 2 aromatic carbocycles. The zero-order valence-corrected chi connectivity index (χ0v) is 16.4. The Morgan fingerprint density at radius 3 is 2.37 bits per heavy atom. The molecule has 0 atom stereocenters. The van der Waals surface area contributed by atoms with Gasteiger partial charge in [-0.15, -0.1) is 0 Å². The third-order valence-electron chi connectivity index (χ3n) is 5.95. The van der Waals surface area contributed by atoms with Crippen LogP contribution < -0.4 is 11.1 Å². The molecule has 1 fully saturated rings. The second-order valence-corrected chi connectivity index (χ2v) is 7.81. The molecule has 5 rings (SSSR count). The maximum atomic E-state index is 11.3. The number of nitrogens with zero attached hydrogens (tertiary/aromatic N) is 2. The van der Waals surface area contributed by atoms with Crippen LogP contribution in [0, 0.1) is 0 Å². The minimum absolute atomic E-state index is 0.472. The molecule has 6 heteroatoms. The summed E-state index contributed by atoms with van der Waals surface area (Å²) in [6, 6.07) is 22.0. The highest BCUT2D eigenvalue weighted by atomic mass is 16.4. The number of nitrogen functional groups attached to an aromatic ring is 1. The number of nitrogens with two attached hydrogens (primary N) is 1.